The Balaban J connectivity index is 1.93. The first-order chi connectivity index (χ1) is 11.1. The average molecular weight is 308 g/mol. The van der Waals surface area contributed by atoms with Gasteiger partial charge in [0, 0.05) is 0 Å². The van der Waals surface area contributed by atoms with E-state index in [4.69, 9.17) is 9.84 Å². The number of carbonyl (C=O) groups is 1. The van der Waals surface area contributed by atoms with E-state index in [0.717, 1.165) is 22.1 Å². The SMILES string of the molecule is COc1ccc2cc(C(O)c3ccc(C(=O)O)cc3)ccc2c1. The van der Waals surface area contributed by atoms with Gasteiger partial charge in [-0.15, -0.1) is 0 Å². The van der Waals surface area contributed by atoms with Gasteiger partial charge in [-0.1, -0.05) is 30.3 Å². The fourth-order valence-electron chi connectivity index (χ4n) is 2.54. The van der Waals surface area contributed by atoms with Crippen LogP contribution >= 0.6 is 0 Å². The highest BCUT2D eigenvalue weighted by Gasteiger charge is 2.12. The van der Waals surface area contributed by atoms with Crippen molar-refractivity contribution in [2.45, 2.75) is 6.10 Å². The molecule has 23 heavy (non-hydrogen) atoms. The van der Waals surface area contributed by atoms with Crippen molar-refractivity contribution in [3.05, 3.63) is 77.4 Å². The fraction of sp³-hybridized carbons (Fsp3) is 0.105. The number of aliphatic hydroxyl groups is 1. The third kappa shape index (κ3) is 3.03. The molecule has 0 saturated carbocycles. The van der Waals surface area contributed by atoms with E-state index >= 15 is 0 Å². The van der Waals surface area contributed by atoms with E-state index in [-0.39, 0.29) is 5.56 Å². The van der Waals surface area contributed by atoms with Crippen LogP contribution in [0.15, 0.2) is 60.7 Å². The number of fused-ring (bicyclic) bond motifs is 1. The van der Waals surface area contributed by atoms with Gasteiger partial charge in [0.15, 0.2) is 0 Å². The Morgan fingerprint density at radius 2 is 1.52 bits per heavy atom. The van der Waals surface area contributed by atoms with Crippen molar-refractivity contribution in [3.63, 3.8) is 0 Å². The van der Waals surface area contributed by atoms with Crippen LogP contribution in [0, 0.1) is 0 Å². The number of carboxylic acid groups (broad SMARTS) is 1. The highest BCUT2D eigenvalue weighted by molar-refractivity contribution is 5.87. The van der Waals surface area contributed by atoms with Gasteiger partial charge < -0.3 is 14.9 Å². The molecule has 0 aliphatic heterocycles. The largest absolute Gasteiger partial charge is 0.497 e. The molecule has 0 saturated heterocycles. The molecule has 3 aromatic carbocycles. The number of aromatic carboxylic acids is 1. The molecular weight excluding hydrogens is 292 g/mol. The lowest BCUT2D eigenvalue weighted by Gasteiger charge is -2.13. The lowest BCUT2D eigenvalue weighted by molar-refractivity contribution is 0.0696. The second-order valence-electron chi connectivity index (χ2n) is 5.30. The normalized spacial score (nSPS) is 12.1. The minimum Gasteiger partial charge on any atom is -0.497 e. The van der Waals surface area contributed by atoms with Gasteiger partial charge in [0.25, 0.3) is 0 Å². The minimum absolute atomic E-state index is 0.201. The summed E-state index contributed by atoms with van der Waals surface area (Å²) in [4.78, 5) is 10.9. The second-order valence-corrected chi connectivity index (χ2v) is 5.30. The predicted molar refractivity (Wildman–Crippen MR) is 88.0 cm³/mol. The molecule has 1 atom stereocenters. The number of benzene rings is 3. The number of carboxylic acids is 1. The van der Waals surface area contributed by atoms with Gasteiger partial charge in [-0.25, -0.2) is 4.79 Å². The van der Waals surface area contributed by atoms with Crippen molar-refractivity contribution in [1.29, 1.82) is 0 Å². The smallest absolute Gasteiger partial charge is 0.335 e. The summed E-state index contributed by atoms with van der Waals surface area (Å²) in [6.45, 7) is 0. The van der Waals surface area contributed by atoms with Crippen molar-refractivity contribution >= 4 is 16.7 Å². The molecular formula is C19H16O4. The molecule has 0 heterocycles. The Morgan fingerprint density at radius 1 is 0.913 bits per heavy atom. The lowest BCUT2D eigenvalue weighted by Crippen LogP contribution is -2.01. The number of aliphatic hydroxyl groups excluding tert-OH is 1. The Hall–Kier alpha value is -2.85. The van der Waals surface area contributed by atoms with Gasteiger partial charge in [0.2, 0.25) is 0 Å². The molecule has 0 radical (unpaired) electrons. The summed E-state index contributed by atoms with van der Waals surface area (Å²) in [6, 6.07) is 17.7. The fourth-order valence-corrected chi connectivity index (χ4v) is 2.54. The molecule has 0 spiro atoms. The molecule has 4 nitrogen and oxygen atoms in total. The first kappa shape index (κ1) is 15.1. The van der Waals surface area contributed by atoms with Gasteiger partial charge in [0.1, 0.15) is 11.9 Å². The zero-order valence-corrected chi connectivity index (χ0v) is 12.6. The van der Waals surface area contributed by atoms with E-state index in [1.54, 1.807) is 19.2 Å². The van der Waals surface area contributed by atoms with Crippen molar-refractivity contribution in [2.24, 2.45) is 0 Å². The maximum Gasteiger partial charge on any atom is 0.335 e. The Bertz CT molecular complexity index is 853. The molecule has 0 aliphatic carbocycles. The van der Waals surface area contributed by atoms with Gasteiger partial charge in [-0.05, 0) is 52.2 Å². The van der Waals surface area contributed by atoms with Crippen LogP contribution in [-0.4, -0.2) is 23.3 Å². The summed E-state index contributed by atoms with van der Waals surface area (Å²) in [6.07, 6.45) is -0.802. The Kier molecular flexibility index (Phi) is 4.00. The topological polar surface area (TPSA) is 66.8 Å². The van der Waals surface area contributed by atoms with Crippen molar-refractivity contribution < 1.29 is 19.7 Å². The highest BCUT2D eigenvalue weighted by Crippen LogP contribution is 2.27. The number of rotatable bonds is 4. The van der Waals surface area contributed by atoms with E-state index in [9.17, 15) is 9.90 Å². The standard InChI is InChI=1S/C19H16O4/c1-23-17-9-8-14-10-16(7-6-15(14)11-17)18(20)12-2-4-13(5-3-12)19(21)22/h2-11,18,20H,1H3,(H,21,22). The van der Waals surface area contributed by atoms with Gasteiger partial charge in [-0.2, -0.15) is 0 Å². The predicted octanol–water partition coefficient (Wildman–Crippen LogP) is 3.63. The lowest BCUT2D eigenvalue weighted by atomic mass is 9.98. The van der Waals surface area contributed by atoms with E-state index in [1.807, 2.05) is 36.4 Å². The number of ether oxygens (including phenoxy) is 1. The molecule has 116 valence electrons. The van der Waals surface area contributed by atoms with Gasteiger partial charge in [0.05, 0.1) is 12.7 Å². The Morgan fingerprint density at radius 3 is 2.17 bits per heavy atom. The molecule has 0 fully saturated rings. The maximum atomic E-state index is 10.9. The first-order valence-electron chi connectivity index (χ1n) is 7.17. The Labute approximate surface area is 133 Å². The highest BCUT2D eigenvalue weighted by atomic mass is 16.5. The molecule has 0 amide bonds. The van der Waals surface area contributed by atoms with E-state index < -0.39 is 12.1 Å². The van der Waals surface area contributed by atoms with Gasteiger partial charge in [-0.3, -0.25) is 0 Å². The van der Waals surface area contributed by atoms with Crippen LogP contribution in [-0.2, 0) is 0 Å². The third-order valence-corrected chi connectivity index (χ3v) is 3.86. The quantitative estimate of drug-likeness (QED) is 0.772. The van der Waals surface area contributed by atoms with Crippen LogP contribution in [0.4, 0.5) is 0 Å². The third-order valence-electron chi connectivity index (χ3n) is 3.86. The van der Waals surface area contributed by atoms with Crippen LogP contribution < -0.4 is 4.74 Å². The zero-order chi connectivity index (χ0) is 16.4. The number of hydrogen-bond donors (Lipinski definition) is 2. The van der Waals surface area contributed by atoms with Crippen LogP contribution in [0.2, 0.25) is 0 Å². The van der Waals surface area contributed by atoms with Gasteiger partial charge >= 0.3 is 5.97 Å². The monoisotopic (exact) mass is 308 g/mol. The molecule has 3 rings (SSSR count). The maximum absolute atomic E-state index is 10.9. The van der Waals surface area contributed by atoms with Crippen molar-refractivity contribution in [2.75, 3.05) is 7.11 Å². The van der Waals surface area contributed by atoms with Crippen LogP contribution in [0.5, 0.6) is 5.75 Å². The number of methoxy groups -OCH3 is 1. The molecule has 2 N–H and O–H groups in total. The van der Waals surface area contributed by atoms with E-state index in [2.05, 4.69) is 0 Å². The summed E-state index contributed by atoms with van der Waals surface area (Å²) in [5.41, 5.74) is 1.61. The zero-order valence-electron chi connectivity index (χ0n) is 12.6. The van der Waals surface area contributed by atoms with Crippen molar-refractivity contribution in [1.82, 2.24) is 0 Å². The molecule has 3 aromatic rings. The molecule has 0 bridgehead atoms. The average Bonchev–Trinajstić information content (AvgIpc) is 2.60. The molecule has 1 unspecified atom stereocenters. The van der Waals surface area contributed by atoms with Crippen LogP contribution in [0.3, 0.4) is 0 Å². The van der Waals surface area contributed by atoms with E-state index in [1.165, 1.54) is 12.1 Å². The van der Waals surface area contributed by atoms with E-state index in [0.29, 0.717) is 5.56 Å². The summed E-state index contributed by atoms with van der Waals surface area (Å²) in [5, 5.41) is 21.5. The number of hydrogen-bond acceptors (Lipinski definition) is 3. The van der Waals surface area contributed by atoms with Crippen molar-refractivity contribution in [3.8, 4) is 5.75 Å². The summed E-state index contributed by atoms with van der Waals surface area (Å²) >= 11 is 0. The second kappa shape index (κ2) is 6.10. The summed E-state index contributed by atoms with van der Waals surface area (Å²) in [5.74, 6) is -0.194. The molecule has 4 heteroatoms. The minimum atomic E-state index is -0.981. The van der Waals surface area contributed by atoms with Crippen LogP contribution in [0.1, 0.15) is 27.6 Å². The molecule has 0 aliphatic rings. The molecule has 0 aromatic heterocycles. The summed E-state index contributed by atoms with van der Waals surface area (Å²) < 4.78 is 5.20. The first-order valence-corrected chi connectivity index (χ1v) is 7.17. The summed E-state index contributed by atoms with van der Waals surface area (Å²) in [7, 11) is 1.63. The van der Waals surface area contributed by atoms with Crippen LogP contribution in [0.25, 0.3) is 10.8 Å².